The van der Waals surface area contributed by atoms with Gasteiger partial charge in [-0.2, -0.15) is 4.39 Å². The summed E-state index contributed by atoms with van der Waals surface area (Å²) in [4.78, 5) is 3.84. The van der Waals surface area contributed by atoms with Gasteiger partial charge in [0.2, 0.25) is 5.95 Å². The van der Waals surface area contributed by atoms with Crippen molar-refractivity contribution in [1.82, 2.24) is 4.98 Å². The standard InChI is InChI=1S/C28H42FNO.C2H6/c1-18(4-5-19-6-11-26(29)30-17-19)23-9-10-24-22-8-7-20-16-21(31)12-14-27(20,2)25(22)13-15-28(23,24)3;1-2/h6,11,17-18,20-25,31H,4-5,7-10,12-16H2,1-3H3;1-2H3. The molecule has 3 heteroatoms. The van der Waals surface area contributed by atoms with Gasteiger partial charge in [-0.1, -0.05) is 40.7 Å². The molecule has 1 aromatic heterocycles. The van der Waals surface area contributed by atoms with Gasteiger partial charge in [-0.25, -0.2) is 4.98 Å². The van der Waals surface area contributed by atoms with Crippen molar-refractivity contribution in [1.29, 1.82) is 0 Å². The van der Waals surface area contributed by atoms with Crippen molar-refractivity contribution >= 4 is 0 Å². The third kappa shape index (κ3) is 4.53. The summed E-state index contributed by atoms with van der Waals surface area (Å²) in [5.41, 5.74) is 2.14. The Labute approximate surface area is 202 Å². The summed E-state index contributed by atoms with van der Waals surface area (Å²) in [6.45, 7) is 11.7. The van der Waals surface area contributed by atoms with E-state index in [1.54, 1.807) is 6.20 Å². The first kappa shape index (κ1) is 25.1. The van der Waals surface area contributed by atoms with Gasteiger partial charge in [-0.3, -0.25) is 0 Å². The Morgan fingerprint density at radius 3 is 2.45 bits per heavy atom. The molecule has 1 heterocycles. The molecule has 0 saturated heterocycles. The molecule has 9 unspecified atom stereocenters. The minimum atomic E-state index is -0.379. The molecule has 4 aliphatic rings. The summed E-state index contributed by atoms with van der Waals surface area (Å²) in [6.07, 6.45) is 15.6. The Balaban J connectivity index is 0.00000126. The van der Waals surface area contributed by atoms with Gasteiger partial charge in [0.1, 0.15) is 0 Å². The van der Waals surface area contributed by atoms with Crippen LogP contribution < -0.4 is 0 Å². The van der Waals surface area contributed by atoms with E-state index < -0.39 is 0 Å². The number of aliphatic hydroxyl groups excluding tert-OH is 1. The minimum absolute atomic E-state index is 0.0449. The van der Waals surface area contributed by atoms with Crippen LogP contribution in [0.3, 0.4) is 0 Å². The van der Waals surface area contributed by atoms with Gasteiger partial charge in [0.25, 0.3) is 0 Å². The fourth-order valence-electron chi connectivity index (χ4n) is 9.36. The van der Waals surface area contributed by atoms with Gasteiger partial charge in [-0.15, -0.1) is 0 Å². The van der Waals surface area contributed by atoms with Gasteiger partial charge < -0.3 is 5.11 Å². The molecule has 0 bridgehead atoms. The van der Waals surface area contributed by atoms with E-state index in [4.69, 9.17) is 0 Å². The largest absolute Gasteiger partial charge is 0.393 e. The minimum Gasteiger partial charge on any atom is -0.393 e. The van der Waals surface area contributed by atoms with E-state index in [9.17, 15) is 9.50 Å². The number of fused-ring (bicyclic) bond motifs is 5. The summed E-state index contributed by atoms with van der Waals surface area (Å²) in [6, 6.07) is 3.40. The maximum atomic E-state index is 13.1. The lowest BCUT2D eigenvalue weighted by Gasteiger charge is -2.61. The maximum absolute atomic E-state index is 13.1. The molecule has 4 aliphatic carbocycles. The predicted molar refractivity (Wildman–Crippen MR) is 134 cm³/mol. The lowest BCUT2D eigenvalue weighted by molar-refractivity contribution is -0.129. The molecule has 2 nitrogen and oxygen atoms in total. The number of hydrogen-bond donors (Lipinski definition) is 1. The van der Waals surface area contributed by atoms with Gasteiger partial charge >= 0.3 is 0 Å². The van der Waals surface area contributed by atoms with Crippen molar-refractivity contribution in [2.75, 3.05) is 0 Å². The Morgan fingerprint density at radius 2 is 1.73 bits per heavy atom. The first-order chi connectivity index (χ1) is 15.8. The van der Waals surface area contributed by atoms with Crippen molar-refractivity contribution in [2.45, 2.75) is 111 Å². The van der Waals surface area contributed by atoms with Crippen LogP contribution in [-0.4, -0.2) is 16.2 Å². The Kier molecular flexibility index (Phi) is 7.59. The van der Waals surface area contributed by atoms with Crippen LogP contribution in [-0.2, 0) is 6.42 Å². The summed E-state index contributed by atoms with van der Waals surface area (Å²) in [5.74, 6) is 4.61. The number of rotatable bonds is 4. The highest BCUT2D eigenvalue weighted by molar-refractivity contribution is 5.12. The van der Waals surface area contributed by atoms with Crippen LogP contribution in [0.25, 0.3) is 0 Å². The number of hydrogen-bond acceptors (Lipinski definition) is 2. The van der Waals surface area contributed by atoms with E-state index in [0.717, 1.165) is 48.9 Å². The SMILES string of the molecule is CC.CC(CCc1ccc(F)nc1)C1CCC2C3CCC4CC(O)CCC4(C)C3CCC12C. The highest BCUT2D eigenvalue weighted by atomic mass is 19.1. The molecule has 5 rings (SSSR count). The molecule has 186 valence electrons. The van der Waals surface area contributed by atoms with E-state index in [0.29, 0.717) is 16.7 Å². The molecule has 1 aromatic rings. The lowest BCUT2D eigenvalue weighted by atomic mass is 9.44. The number of aromatic nitrogens is 1. The molecular formula is C30H48FNO. The van der Waals surface area contributed by atoms with E-state index >= 15 is 0 Å². The van der Waals surface area contributed by atoms with Crippen LogP contribution in [0.1, 0.15) is 104 Å². The molecule has 9 atom stereocenters. The summed E-state index contributed by atoms with van der Waals surface area (Å²) >= 11 is 0. The zero-order valence-electron chi connectivity index (χ0n) is 21.8. The Bertz CT molecular complexity index is 780. The average Bonchev–Trinajstić information content (AvgIpc) is 3.17. The maximum Gasteiger partial charge on any atom is 0.212 e. The molecule has 33 heavy (non-hydrogen) atoms. The highest BCUT2D eigenvalue weighted by Crippen LogP contribution is 2.68. The first-order valence-corrected chi connectivity index (χ1v) is 14.1. The van der Waals surface area contributed by atoms with Crippen molar-refractivity contribution < 1.29 is 9.50 Å². The molecule has 0 radical (unpaired) electrons. The average molecular weight is 458 g/mol. The number of aryl methyl sites for hydroxylation is 1. The fraction of sp³-hybridized carbons (Fsp3) is 0.833. The summed E-state index contributed by atoms with van der Waals surface area (Å²) < 4.78 is 13.1. The van der Waals surface area contributed by atoms with Crippen LogP contribution in [0.2, 0.25) is 0 Å². The molecule has 1 N–H and O–H groups in total. The highest BCUT2D eigenvalue weighted by Gasteiger charge is 2.60. The number of nitrogens with zero attached hydrogens (tertiary/aromatic N) is 1. The topological polar surface area (TPSA) is 33.1 Å². The zero-order valence-corrected chi connectivity index (χ0v) is 21.8. The number of aliphatic hydroxyl groups is 1. The zero-order chi connectivity index (χ0) is 23.8. The third-order valence-corrected chi connectivity index (χ3v) is 11.1. The second-order valence-corrected chi connectivity index (χ2v) is 12.3. The monoisotopic (exact) mass is 457 g/mol. The van der Waals surface area contributed by atoms with E-state index in [2.05, 4.69) is 25.8 Å². The third-order valence-electron chi connectivity index (χ3n) is 11.1. The van der Waals surface area contributed by atoms with Crippen molar-refractivity contribution in [3.8, 4) is 0 Å². The van der Waals surface area contributed by atoms with E-state index in [-0.39, 0.29) is 12.1 Å². The van der Waals surface area contributed by atoms with Gasteiger partial charge in [0.05, 0.1) is 6.10 Å². The first-order valence-electron chi connectivity index (χ1n) is 14.1. The quantitative estimate of drug-likeness (QED) is 0.467. The number of halogens is 1. The molecule has 0 amide bonds. The molecular weight excluding hydrogens is 409 g/mol. The summed E-state index contributed by atoms with van der Waals surface area (Å²) in [7, 11) is 0. The van der Waals surface area contributed by atoms with Gasteiger partial charge in [0, 0.05) is 6.20 Å². The number of pyridine rings is 1. The molecule has 0 aliphatic heterocycles. The second-order valence-electron chi connectivity index (χ2n) is 12.3. The summed E-state index contributed by atoms with van der Waals surface area (Å²) in [5, 5.41) is 10.3. The van der Waals surface area contributed by atoms with Crippen LogP contribution >= 0.6 is 0 Å². The van der Waals surface area contributed by atoms with Crippen LogP contribution in [0, 0.1) is 52.3 Å². The smallest absolute Gasteiger partial charge is 0.212 e. The Morgan fingerprint density at radius 1 is 1.00 bits per heavy atom. The van der Waals surface area contributed by atoms with Crippen molar-refractivity contribution in [3.05, 3.63) is 29.8 Å². The molecule has 0 spiro atoms. The molecule has 4 fully saturated rings. The molecule has 0 aromatic carbocycles. The van der Waals surface area contributed by atoms with E-state index in [1.165, 1.54) is 63.0 Å². The molecule has 4 saturated carbocycles. The predicted octanol–water partition coefficient (Wildman–Crippen LogP) is 7.84. The second kappa shape index (κ2) is 9.96. The normalized spacial score (nSPS) is 42.9. The van der Waals surface area contributed by atoms with E-state index in [1.807, 2.05) is 19.9 Å². The lowest BCUT2D eigenvalue weighted by Crippen LogP contribution is -2.54. The fourth-order valence-corrected chi connectivity index (χ4v) is 9.36. The van der Waals surface area contributed by atoms with Crippen LogP contribution in [0.5, 0.6) is 0 Å². The Hall–Kier alpha value is -0.960. The van der Waals surface area contributed by atoms with Crippen molar-refractivity contribution in [3.63, 3.8) is 0 Å². The van der Waals surface area contributed by atoms with Crippen LogP contribution in [0.4, 0.5) is 4.39 Å². The van der Waals surface area contributed by atoms with Gasteiger partial charge in [0.15, 0.2) is 0 Å². The van der Waals surface area contributed by atoms with Gasteiger partial charge in [-0.05, 0) is 129 Å². The van der Waals surface area contributed by atoms with Crippen molar-refractivity contribution in [2.24, 2.45) is 46.3 Å². The van der Waals surface area contributed by atoms with Crippen LogP contribution in [0.15, 0.2) is 18.3 Å².